The van der Waals surface area contributed by atoms with Crippen molar-refractivity contribution in [1.82, 2.24) is 4.90 Å². The third kappa shape index (κ3) is 3.83. The van der Waals surface area contributed by atoms with Gasteiger partial charge in [0.05, 0.1) is 17.4 Å². The molecule has 192 valence electrons. The highest BCUT2D eigenvalue weighted by Gasteiger charge is 2.67. The van der Waals surface area contributed by atoms with Crippen molar-refractivity contribution in [1.29, 1.82) is 0 Å². The van der Waals surface area contributed by atoms with Crippen LogP contribution in [0, 0.1) is 0 Å². The summed E-state index contributed by atoms with van der Waals surface area (Å²) in [5, 5.41) is 11.6. The van der Waals surface area contributed by atoms with E-state index < -0.39 is 28.9 Å². The molecular weight excluding hydrogens is 472 g/mol. The van der Waals surface area contributed by atoms with Gasteiger partial charge in [0.1, 0.15) is 18.1 Å². The van der Waals surface area contributed by atoms with E-state index in [-0.39, 0.29) is 18.2 Å². The molecule has 0 radical (unpaired) electrons. The monoisotopic (exact) mass is 502 g/mol. The lowest BCUT2D eigenvalue weighted by Crippen LogP contribution is -2.53. The van der Waals surface area contributed by atoms with Gasteiger partial charge >= 0.3 is 0 Å². The molecule has 0 bridgehead atoms. The van der Waals surface area contributed by atoms with Crippen LogP contribution in [0.2, 0.25) is 0 Å². The molecule has 2 saturated heterocycles. The normalized spacial score (nSPS) is 24.2. The van der Waals surface area contributed by atoms with Crippen LogP contribution in [0.4, 0.5) is 5.69 Å². The number of anilines is 1. The minimum Gasteiger partial charge on any atom is -0.507 e. The number of likely N-dealkylation sites (tertiary alicyclic amines) is 1. The molecule has 2 amide bonds. The molecule has 3 aliphatic rings. The van der Waals surface area contributed by atoms with E-state index in [2.05, 4.69) is 6.58 Å². The molecule has 2 unspecified atom stereocenters. The molecule has 0 aliphatic carbocycles. The van der Waals surface area contributed by atoms with E-state index in [1.165, 1.54) is 4.90 Å². The molecule has 2 aromatic carbocycles. The largest absolute Gasteiger partial charge is 0.507 e. The summed E-state index contributed by atoms with van der Waals surface area (Å²) in [5.74, 6) is -1.96. The minimum atomic E-state index is -1.77. The predicted molar refractivity (Wildman–Crippen MR) is 138 cm³/mol. The van der Waals surface area contributed by atoms with Crippen LogP contribution in [-0.4, -0.2) is 60.0 Å². The second-order valence-corrected chi connectivity index (χ2v) is 9.41. The van der Waals surface area contributed by atoms with Crippen molar-refractivity contribution in [3.63, 3.8) is 0 Å². The van der Waals surface area contributed by atoms with Gasteiger partial charge in [-0.1, -0.05) is 37.8 Å². The third-order valence-corrected chi connectivity index (χ3v) is 7.16. The number of carbonyl (C=O) groups excluding carboxylic acids is 3. The fourth-order valence-electron chi connectivity index (χ4n) is 5.56. The molecule has 2 aromatic rings. The number of benzene rings is 2. The summed E-state index contributed by atoms with van der Waals surface area (Å²) in [5.41, 5.74) is -0.537. The van der Waals surface area contributed by atoms with E-state index in [0.29, 0.717) is 48.7 Å². The van der Waals surface area contributed by atoms with Crippen molar-refractivity contribution >= 4 is 29.0 Å². The van der Waals surface area contributed by atoms with E-state index in [1.54, 1.807) is 47.4 Å². The van der Waals surface area contributed by atoms with Gasteiger partial charge in [0, 0.05) is 30.8 Å². The number of rotatable bonds is 8. The first-order valence-corrected chi connectivity index (χ1v) is 12.6. The van der Waals surface area contributed by atoms with E-state index in [9.17, 15) is 19.5 Å². The maximum atomic E-state index is 14.3. The van der Waals surface area contributed by atoms with Crippen LogP contribution < -0.4 is 9.64 Å². The summed E-state index contributed by atoms with van der Waals surface area (Å²) in [4.78, 5) is 44.5. The number of aliphatic hydroxyl groups excluding tert-OH is 1. The highest BCUT2D eigenvalue weighted by Crippen LogP contribution is 2.53. The van der Waals surface area contributed by atoms with Crippen LogP contribution in [-0.2, 0) is 24.7 Å². The van der Waals surface area contributed by atoms with Gasteiger partial charge in [-0.2, -0.15) is 0 Å². The van der Waals surface area contributed by atoms with Crippen molar-refractivity contribution in [3.8, 4) is 5.75 Å². The number of nitrogens with zero attached hydrogens (tertiary/aromatic N) is 2. The summed E-state index contributed by atoms with van der Waals surface area (Å²) >= 11 is 0. The minimum absolute atomic E-state index is 0.0791. The van der Waals surface area contributed by atoms with Gasteiger partial charge in [0.15, 0.2) is 5.54 Å². The Morgan fingerprint density at radius 3 is 2.62 bits per heavy atom. The van der Waals surface area contributed by atoms with Gasteiger partial charge in [-0.25, -0.2) is 0 Å². The van der Waals surface area contributed by atoms with Crippen molar-refractivity contribution in [2.24, 2.45) is 0 Å². The Hall–Kier alpha value is -3.91. The number of ether oxygens (including phenoxy) is 2. The average Bonchev–Trinajstić information content (AvgIpc) is 3.57. The number of carbonyl (C=O) groups is 3. The van der Waals surface area contributed by atoms with E-state index in [4.69, 9.17) is 9.47 Å². The number of para-hydroxylation sites is 1. The topological polar surface area (TPSA) is 96.4 Å². The highest BCUT2D eigenvalue weighted by atomic mass is 16.5. The molecule has 3 heterocycles. The van der Waals surface area contributed by atoms with E-state index in [1.807, 2.05) is 19.1 Å². The molecule has 0 saturated carbocycles. The molecule has 1 N–H and O–H groups in total. The zero-order valence-corrected chi connectivity index (χ0v) is 20.8. The standard InChI is InChI=1S/C29H30N2O6/c1-3-15-30-23-10-6-5-9-22(23)29(28(30)35)24(25(32)19-11-13-20(14-12-19)36-16-4-2)26(33)27(34)31(29)18-21-8-7-17-37-21/h4-6,9-14,21,32H,2-3,7-8,15-18H2,1H3/b25-24+. The van der Waals surface area contributed by atoms with Crippen LogP contribution in [0.15, 0.2) is 66.8 Å². The number of Topliss-reactive ketones (excluding diaryl/α,β-unsaturated/α-hetero) is 1. The van der Waals surface area contributed by atoms with Crippen LogP contribution in [0.1, 0.15) is 37.3 Å². The Morgan fingerprint density at radius 2 is 1.95 bits per heavy atom. The summed E-state index contributed by atoms with van der Waals surface area (Å²) in [6.45, 7) is 6.96. The molecule has 0 aromatic heterocycles. The number of hydrogen-bond donors (Lipinski definition) is 1. The molecule has 2 fully saturated rings. The number of amides is 2. The van der Waals surface area contributed by atoms with Crippen LogP contribution in [0.5, 0.6) is 5.75 Å². The predicted octanol–water partition coefficient (Wildman–Crippen LogP) is 3.76. The van der Waals surface area contributed by atoms with Crippen LogP contribution >= 0.6 is 0 Å². The van der Waals surface area contributed by atoms with Crippen molar-refractivity contribution < 1.29 is 29.0 Å². The Kier molecular flexibility index (Phi) is 6.60. The summed E-state index contributed by atoms with van der Waals surface area (Å²) in [6.07, 6.45) is 3.57. The quantitative estimate of drug-likeness (QED) is 0.256. The van der Waals surface area contributed by atoms with Gasteiger partial charge in [-0.3, -0.25) is 14.4 Å². The first-order valence-electron chi connectivity index (χ1n) is 12.6. The van der Waals surface area contributed by atoms with Crippen molar-refractivity contribution in [3.05, 3.63) is 77.9 Å². The Balaban J connectivity index is 1.71. The lowest BCUT2D eigenvalue weighted by atomic mass is 9.81. The molecule has 8 nitrogen and oxygen atoms in total. The molecule has 37 heavy (non-hydrogen) atoms. The second-order valence-electron chi connectivity index (χ2n) is 9.41. The molecule has 1 spiro atoms. The molecule has 8 heteroatoms. The fourth-order valence-corrected chi connectivity index (χ4v) is 5.56. The Bertz CT molecular complexity index is 1280. The first kappa shape index (κ1) is 24.8. The third-order valence-electron chi connectivity index (χ3n) is 7.16. The molecular formula is C29H30N2O6. The SMILES string of the molecule is C=CCOc1ccc(/C(O)=C2/C(=O)C(=O)N(CC3CCCO3)C23C(=O)N(CCC)c2ccccc23)cc1. The van der Waals surface area contributed by atoms with E-state index >= 15 is 0 Å². The average molecular weight is 503 g/mol. The number of aliphatic hydroxyl groups is 1. The van der Waals surface area contributed by atoms with Gasteiger partial charge in [-0.15, -0.1) is 0 Å². The van der Waals surface area contributed by atoms with E-state index in [0.717, 1.165) is 12.8 Å². The van der Waals surface area contributed by atoms with Gasteiger partial charge in [0.2, 0.25) is 0 Å². The smallest absolute Gasteiger partial charge is 0.296 e. The number of fused-ring (bicyclic) bond motifs is 2. The van der Waals surface area contributed by atoms with Crippen LogP contribution in [0.3, 0.4) is 0 Å². The molecule has 2 atom stereocenters. The summed E-state index contributed by atoms with van der Waals surface area (Å²) in [6, 6.07) is 13.7. The van der Waals surface area contributed by atoms with Crippen LogP contribution in [0.25, 0.3) is 5.76 Å². The maximum absolute atomic E-state index is 14.3. The van der Waals surface area contributed by atoms with Gasteiger partial charge < -0.3 is 24.4 Å². The second kappa shape index (κ2) is 9.86. The van der Waals surface area contributed by atoms with Crippen molar-refractivity contribution in [2.75, 3.05) is 31.2 Å². The lowest BCUT2D eigenvalue weighted by molar-refractivity contribution is -0.145. The Labute approximate surface area is 215 Å². The zero-order valence-electron chi connectivity index (χ0n) is 20.8. The molecule has 5 rings (SSSR count). The maximum Gasteiger partial charge on any atom is 0.296 e. The number of hydrogen-bond acceptors (Lipinski definition) is 6. The van der Waals surface area contributed by atoms with Gasteiger partial charge in [-0.05, 0) is 49.6 Å². The highest BCUT2D eigenvalue weighted by molar-refractivity contribution is 6.50. The molecule has 3 aliphatic heterocycles. The van der Waals surface area contributed by atoms with Crippen molar-refractivity contribution in [2.45, 2.75) is 37.8 Å². The number of ketones is 1. The fraction of sp³-hybridized carbons (Fsp3) is 0.345. The zero-order chi connectivity index (χ0) is 26.2. The Morgan fingerprint density at radius 1 is 1.19 bits per heavy atom. The summed E-state index contributed by atoms with van der Waals surface area (Å²) < 4.78 is 11.3. The lowest BCUT2D eigenvalue weighted by Gasteiger charge is -2.35. The summed E-state index contributed by atoms with van der Waals surface area (Å²) in [7, 11) is 0. The first-order chi connectivity index (χ1) is 17.9. The van der Waals surface area contributed by atoms with Gasteiger partial charge in [0.25, 0.3) is 17.6 Å².